The molecule has 4 heterocycles. The summed E-state index contributed by atoms with van der Waals surface area (Å²) in [4.78, 5) is 43.7. The average molecular weight is 514 g/mol. The van der Waals surface area contributed by atoms with Gasteiger partial charge in [0.2, 0.25) is 0 Å². The van der Waals surface area contributed by atoms with Gasteiger partial charge < -0.3 is 5.11 Å². The largest absolute Gasteiger partial charge is 0.433 e. The molecule has 0 radical (unpaired) electrons. The fraction of sp³-hybridized carbons (Fsp3) is 0.348. The minimum absolute atomic E-state index is 0.00709. The predicted octanol–water partition coefficient (Wildman–Crippen LogP) is 2.97. The lowest BCUT2D eigenvalue weighted by Crippen LogP contribution is -2.31. The second-order valence-corrected chi connectivity index (χ2v) is 8.86. The molecular weight excluding hydrogens is 493 g/mol. The average Bonchev–Trinajstić information content (AvgIpc) is 3.58. The molecule has 14 heteroatoms. The number of rotatable bonds is 6. The molecule has 5 rings (SSSR count). The summed E-state index contributed by atoms with van der Waals surface area (Å²) in [5.74, 6) is -0.384. The Morgan fingerprint density at radius 2 is 1.86 bits per heavy atom. The summed E-state index contributed by atoms with van der Waals surface area (Å²) < 4.78 is 41.3. The molecule has 1 saturated heterocycles. The molecule has 0 spiro atoms. The highest BCUT2D eigenvalue weighted by molar-refractivity contribution is 6.13. The summed E-state index contributed by atoms with van der Waals surface area (Å²) in [5, 5.41) is 13.7. The van der Waals surface area contributed by atoms with E-state index in [2.05, 4.69) is 25.0 Å². The molecule has 3 aromatic rings. The number of likely N-dealkylation sites (N-methyl/N-ethyl adjacent to an activating group) is 1. The maximum Gasteiger partial charge on any atom is 0.433 e. The number of imide groups is 1. The normalized spacial score (nSPS) is 18.3. The summed E-state index contributed by atoms with van der Waals surface area (Å²) in [6.07, 6.45) is 1.43. The van der Waals surface area contributed by atoms with E-state index in [4.69, 9.17) is 0 Å². The Balaban J connectivity index is 1.39. The SMILES string of the molecule is CC(O)c1ncc(CN2C(=O)/C(=C/n3cnc(-c4cc(C5CC5)nc(C(F)(F)F)c4)n3)N(C)C2=O)cn1. The van der Waals surface area contributed by atoms with Crippen molar-refractivity contribution in [3.05, 3.63) is 59.3 Å². The molecule has 1 aliphatic carbocycles. The minimum Gasteiger partial charge on any atom is -0.385 e. The Morgan fingerprint density at radius 3 is 2.49 bits per heavy atom. The summed E-state index contributed by atoms with van der Waals surface area (Å²) in [6.45, 7) is 1.42. The highest BCUT2D eigenvalue weighted by Gasteiger charge is 2.39. The van der Waals surface area contributed by atoms with E-state index in [0.29, 0.717) is 11.3 Å². The number of aromatic nitrogens is 6. The van der Waals surface area contributed by atoms with Crippen LogP contribution in [0.25, 0.3) is 17.6 Å². The number of hydrogen-bond acceptors (Lipinski definition) is 8. The van der Waals surface area contributed by atoms with Crippen molar-refractivity contribution in [1.29, 1.82) is 0 Å². The van der Waals surface area contributed by atoms with Crippen LogP contribution in [0, 0.1) is 0 Å². The fourth-order valence-corrected chi connectivity index (χ4v) is 3.79. The first-order valence-electron chi connectivity index (χ1n) is 11.3. The van der Waals surface area contributed by atoms with Gasteiger partial charge >= 0.3 is 12.2 Å². The van der Waals surface area contributed by atoms with Crippen molar-refractivity contribution in [3.8, 4) is 11.4 Å². The van der Waals surface area contributed by atoms with Gasteiger partial charge in [-0.1, -0.05) is 0 Å². The lowest BCUT2D eigenvalue weighted by atomic mass is 10.1. The van der Waals surface area contributed by atoms with Crippen molar-refractivity contribution in [2.45, 2.75) is 44.5 Å². The molecule has 1 N–H and O–H groups in total. The van der Waals surface area contributed by atoms with E-state index in [1.54, 1.807) is 6.07 Å². The van der Waals surface area contributed by atoms with Gasteiger partial charge in [0.05, 0.1) is 12.7 Å². The number of carbonyl (C=O) groups excluding carboxylic acids is 2. The molecule has 3 aromatic heterocycles. The number of alkyl halides is 3. The Labute approximate surface area is 208 Å². The van der Waals surface area contributed by atoms with E-state index in [9.17, 15) is 27.9 Å². The zero-order valence-electron chi connectivity index (χ0n) is 19.7. The number of nitrogens with zero attached hydrogens (tertiary/aromatic N) is 8. The molecule has 2 fully saturated rings. The van der Waals surface area contributed by atoms with E-state index in [1.165, 1.54) is 43.6 Å². The maximum absolute atomic E-state index is 13.4. The van der Waals surface area contributed by atoms with Crippen molar-refractivity contribution in [3.63, 3.8) is 0 Å². The molecule has 192 valence electrons. The van der Waals surface area contributed by atoms with Gasteiger partial charge in [-0.05, 0) is 31.9 Å². The van der Waals surface area contributed by atoms with Crippen LogP contribution in [0.15, 0.2) is 36.6 Å². The quantitative estimate of drug-likeness (QED) is 0.393. The third-order valence-corrected chi connectivity index (χ3v) is 5.94. The number of halogens is 3. The number of pyridine rings is 1. The molecule has 3 amide bonds. The van der Waals surface area contributed by atoms with Crippen molar-refractivity contribution >= 4 is 18.1 Å². The zero-order chi connectivity index (χ0) is 26.5. The first-order valence-corrected chi connectivity index (χ1v) is 11.3. The number of aliphatic hydroxyl groups excluding tert-OH is 1. The van der Waals surface area contributed by atoms with Crippen LogP contribution in [0.3, 0.4) is 0 Å². The predicted molar refractivity (Wildman–Crippen MR) is 121 cm³/mol. The van der Waals surface area contributed by atoms with Gasteiger partial charge in [0.25, 0.3) is 5.91 Å². The zero-order valence-corrected chi connectivity index (χ0v) is 19.7. The summed E-state index contributed by atoms with van der Waals surface area (Å²) in [6, 6.07) is 1.85. The molecular formula is C23H21F3N8O3. The Morgan fingerprint density at radius 1 is 1.16 bits per heavy atom. The Kier molecular flexibility index (Phi) is 5.98. The number of urea groups is 1. The second kappa shape index (κ2) is 9.03. The van der Waals surface area contributed by atoms with Crippen LogP contribution in [0.2, 0.25) is 0 Å². The molecule has 0 bridgehead atoms. The number of aliphatic hydroxyl groups is 1. The van der Waals surface area contributed by atoms with Crippen LogP contribution in [0.1, 0.15) is 54.6 Å². The standard InChI is InChI=1S/C23H21F3N8O3/c1-12(35)19-27-7-13(8-28-19)9-34-21(36)17(32(2)22(34)37)10-33-11-29-20(31-33)15-5-16(14-3-4-14)30-18(6-15)23(24,25)26/h5-8,10-12,14,35H,3-4,9H2,1-2H3/b17-10-. The van der Waals surface area contributed by atoms with Gasteiger partial charge in [-0.3, -0.25) is 14.6 Å². The first-order chi connectivity index (χ1) is 17.5. The van der Waals surface area contributed by atoms with E-state index < -0.39 is 29.9 Å². The van der Waals surface area contributed by atoms with Crippen molar-refractivity contribution in [1.82, 2.24) is 39.5 Å². The Bertz CT molecular complexity index is 1400. The molecule has 0 aromatic carbocycles. The van der Waals surface area contributed by atoms with Gasteiger partial charge in [-0.15, -0.1) is 5.10 Å². The summed E-state index contributed by atoms with van der Waals surface area (Å²) in [5.41, 5.74) is -0.0393. The van der Waals surface area contributed by atoms with Crippen LogP contribution >= 0.6 is 0 Å². The third kappa shape index (κ3) is 4.91. The lowest BCUT2D eigenvalue weighted by Gasteiger charge is -2.13. The highest BCUT2D eigenvalue weighted by atomic mass is 19.4. The van der Waals surface area contributed by atoms with Gasteiger partial charge in [0.15, 0.2) is 11.6 Å². The van der Waals surface area contributed by atoms with E-state index in [0.717, 1.165) is 28.7 Å². The smallest absolute Gasteiger partial charge is 0.385 e. The number of carbonyl (C=O) groups is 2. The summed E-state index contributed by atoms with van der Waals surface area (Å²) in [7, 11) is 1.41. The lowest BCUT2D eigenvalue weighted by molar-refractivity contribution is -0.141. The monoisotopic (exact) mass is 514 g/mol. The molecule has 11 nitrogen and oxygen atoms in total. The Hall–Kier alpha value is -4.20. The van der Waals surface area contributed by atoms with Crippen LogP contribution in [0.5, 0.6) is 0 Å². The van der Waals surface area contributed by atoms with Gasteiger partial charge in [0, 0.05) is 42.2 Å². The molecule has 37 heavy (non-hydrogen) atoms. The second-order valence-electron chi connectivity index (χ2n) is 8.86. The van der Waals surface area contributed by atoms with Crippen LogP contribution in [-0.4, -0.2) is 63.6 Å². The van der Waals surface area contributed by atoms with Crippen LogP contribution in [0.4, 0.5) is 18.0 Å². The molecule has 1 aliphatic heterocycles. The molecule has 1 atom stereocenters. The third-order valence-electron chi connectivity index (χ3n) is 5.94. The van der Waals surface area contributed by atoms with Crippen molar-refractivity contribution in [2.75, 3.05) is 7.05 Å². The van der Waals surface area contributed by atoms with Crippen molar-refractivity contribution in [2.24, 2.45) is 0 Å². The highest BCUT2D eigenvalue weighted by Crippen LogP contribution is 2.41. The number of hydrogen-bond donors (Lipinski definition) is 1. The first kappa shape index (κ1) is 24.5. The van der Waals surface area contributed by atoms with Gasteiger partial charge in [-0.2, -0.15) is 13.2 Å². The van der Waals surface area contributed by atoms with Crippen LogP contribution < -0.4 is 0 Å². The number of amides is 3. The maximum atomic E-state index is 13.4. The topological polar surface area (TPSA) is 130 Å². The van der Waals surface area contributed by atoms with Gasteiger partial charge in [-0.25, -0.2) is 29.4 Å². The molecule has 2 aliphatic rings. The molecule has 1 unspecified atom stereocenters. The minimum atomic E-state index is -4.62. The van der Waals surface area contributed by atoms with Gasteiger partial charge in [0.1, 0.15) is 23.8 Å². The van der Waals surface area contributed by atoms with E-state index in [-0.39, 0.29) is 35.4 Å². The van der Waals surface area contributed by atoms with E-state index >= 15 is 0 Å². The summed E-state index contributed by atoms with van der Waals surface area (Å²) >= 11 is 0. The van der Waals surface area contributed by atoms with E-state index in [1.807, 2.05) is 0 Å². The molecule has 1 saturated carbocycles. The van der Waals surface area contributed by atoms with Crippen LogP contribution in [-0.2, 0) is 17.5 Å². The fourth-order valence-electron chi connectivity index (χ4n) is 3.79. The van der Waals surface area contributed by atoms with Crippen molar-refractivity contribution < 1.29 is 27.9 Å².